The summed E-state index contributed by atoms with van der Waals surface area (Å²) in [5.74, 6) is -0.322. The molecule has 0 bridgehead atoms. The van der Waals surface area contributed by atoms with Gasteiger partial charge in [-0.1, -0.05) is 31.2 Å². The van der Waals surface area contributed by atoms with Crippen molar-refractivity contribution < 1.29 is 22.3 Å². The summed E-state index contributed by atoms with van der Waals surface area (Å²) in [6.45, 7) is 4.62. The number of hydrogen-bond donors (Lipinski definition) is 1. The molecule has 1 atom stereocenters. The zero-order chi connectivity index (χ0) is 22.1. The Morgan fingerprint density at radius 3 is 2.37 bits per heavy atom. The van der Waals surface area contributed by atoms with Crippen molar-refractivity contribution in [3.8, 4) is 5.75 Å². The van der Waals surface area contributed by atoms with Gasteiger partial charge in [0.15, 0.2) is 0 Å². The van der Waals surface area contributed by atoms with Gasteiger partial charge in [0.05, 0.1) is 18.6 Å². The van der Waals surface area contributed by atoms with Gasteiger partial charge >= 0.3 is 0 Å². The van der Waals surface area contributed by atoms with Gasteiger partial charge in [-0.2, -0.15) is 0 Å². The fourth-order valence-corrected chi connectivity index (χ4v) is 4.42. The first-order valence-electron chi connectivity index (χ1n) is 10.0. The van der Waals surface area contributed by atoms with Crippen molar-refractivity contribution in [3.05, 3.63) is 59.9 Å². The van der Waals surface area contributed by atoms with Crippen LogP contribution in [0.5, 0.6) is 5.75 Å². The van der Waals surface area contributed by atoms with Crippen LogP contribution in [0.15, 0.2) is 48.5 Å². The lowest BCUT2D eigenvalue weighted by Gasteiger charge is -2.30. The average molecular weight is 437 g/mol. The second-order valence-electron chi connectivity index (χ2n) is 6.91. The molecule has 6 nitrogen and oxygen atoms in total. The highest BCUT2D eigenvalue weighted by Gasteiger charge is 2.32. The fourth-order valence-electron chi connectivity index (χ4n) is 3.21. The summed E-state index contributed by atoms with van der Waals surface area (Å²) in [4.78, 5) is 12.7. The quantitative estimate of drug-likeness (QED) is 0.547. The monoisotopic (exact) mass is 436 g/mol. The number of halogens is 1. The first-order chi connectivity index (χ1) is 14.3. The summed E-state index contributed by atoms with van der Waals surface area (Å²) < 4.78 is 45.2. The SMILES string of the molecule is CCOc1ccc(CCCNC(=O)C(CC)N(c2ccccc2F)S(C)(=O)=O)cc1. The number of hydrogen-bond acceptors (Lipinski definition) is 4. The molecule has 164 valence electrons. The van der Waals surface area contributed by atoms with E-state index in [0.717, 1.165) is 28.3 Å². The topological polar surface area (TPSA) is 75.7 Å². The molecule has 2 rings (SSSR count). The maximum atomic E-state index is 14.3. The molecule has 2 aromatic carbocycles. The van der Waals surface area contributed by atoms with Crippen LogP contribution in [-0.4, -0.2) is 39.8 Å². The first-order valence-corrected chi connectivity index (χ1v) is 11.9. The first kappa shape index (κ1) is 23.7. The lowest BCUT2D eigenvalue weighted by atomic mass is 10.1. The minimum Gasteiger partial charge on any atom is -0.494 e. The van der Waals surface area contributed by atoms with E-state index in [-0.39, 0.29) is 12.1 Å². The zero-order valence-electron chi connectivity index (χ0n) is 17.6. The molecule has 0 saturated heterocycles. The highest BCUT2D eigenvalue weighted by Crippen LogP contribution is 2.25. The molecule has 2 aromatic rings. The molecule has 0 saturated carbocycles. The third-order valence-corrected chi connectivity index (χ3v) is 5.76. The Hall–Kier alpha value is -2.61. The van der Waals surface area contributed by atoms with Gasteiger partial charge in [-0.15, -0.1) is 0 Å². The van der Waals surface area contributed by atoms with Crippen molar-refractivity contribution in [1.29, 1.82) is 0 Å². The van der Waals surface area contributed by atoms with Crippen LogP contribution in [0, 0.1) is 5.82 Å². The number of anilines is 1. The van der Waals surface area contributed by atoms with Crippen molar-refractivity contribution >= 4 is 21.6 Å². The molecule has 0 aliphatic rings. The van der Waals surface area contributed by atoms with Gasteiger partial charge in [0, 0.05) is 6.54 Å². The van der Waals surface area contributed by atoms with Crippen LogP contribution in [0.25, 0.3) is 0 Å². The smallest absolute Gasteiger partial charge is 0.243 e. The number of amides is 1. The molecular formula is C22H29FN2O4S. The van der Waals surface area contributed by atoms with Gasteiger partial charge in [0.25, 0.3) is 0 Å². The maximum absolute atomic E-state index is 14.3. The Labute approximate surface area is 178 Å². The molecule has 1 N–H and O–H groups in total. The van der Waals surface area contributed by atoms with Crippen LogP contribution >= 0.6 is 0 Å². The Morgan fingerprint density at radius 1 is 1.13 bits per heavy atom. The van der Waals surface area contributed by atoms with Gasteiger partial charge in [-0.25, -0.2) is 12.8 Å². The number of carbonyl (C=O) groups is 1. The minimum atomic E-state index is -3.86. The molecule has 0 aromatic heterocycles. The Bertz CT molecular complexity index is 932. The zero-order valence-corrected chi connectivity index (χ0v) is 18.4. The van der Waals surface area contributed by atoms with Crippen LogP contribution in [0.4, 0.5) is 10.1 Å². The van der Waals surface area contributed by atoms with E-state index in [1.54, 1.807) is 6.92 Å². The van der Waals surface area contributed by atoms with Crippen LogP contribution in [0.3, 0.4) is 0 Å². The van der Waals surface area contributed by atoms with Gasteiger partial charge in [0.2, 0.25) is 15.9 Å². The van der Waals surface area contributed by atoms with Crippen molar-refractivity contribution in [3.63, 3.8) is 0 Å². The van der Waals surface area contributed by atoms with E-state index in [1.807, 2.05) is 31.2 Å². The number of ether oxygens (including phenoxy) is 1. The standard InChI is InChI=1S/C22H29FN2O4S/c1-4-20(25(30(3,27)28)21-11-7-6-10-19(21)23)22(26)24-16-8-9-17-12-14-18(15-13-17)29-5-2/h6-7,10-15,20H,4-5,8-9,16H2,1-3H3,(H,24,26). The summed E-state index contributed by atoms with van der Waals surface area (Å²) in [5.41, 5.74) is 0.986. The second-order valence-corrected chi connectivity index (χ2v) is 8.77. The number of benzene rings is 2. The predicted molar refractivity (Wildman–Crippen MR) is 117 cm³/mol. The average Bonchev–Trinajstić information content (AvgIpc) is 2.70. The summed E-state index contributed by atoms with van der Waals surface area (Å²) >= 11 is 0. The molecular weight excluding hydrogens is 407 g/mol. The van der Waals surface area contributed by atoms with Gasteiger partial charge in [-0.3, -0.25) is 9.10 Å². The van der Waals surface area contributed by atoms with Crippen molar-refractivity contribution in [1.82, 2.24) is 5.32 Å². The molecule has 0 radical (unpaired) electrons. The third kappa shape index (κ3) is 6.45. The molecule has 8 heteroatoms. The van der Waals surface area contributed by atoms with E-state index in [4.69, 9.17) is 4.74 Å². The molecule has 30 heavy (non-hydrogen) atoms. The fraction of sp³-hybridized carbons (Fsp3) is 0.409. The van der Waals surface area contributed by atoms with E-state index >= 15 is 0 Å². The van der Waals surface area contributed by atoms with Gasteiger partial charge in [0.1, 0.15) is 17.6 Å². The van der Waals surface area contributed by atoms with Crippen molar-refractivity contribution in [2.45, 2.75) is 39.2 Å². The molecule has 0 heterocycles. The highest BCUT2D eigenvalue weighted by atomic mass is 32.2. The number of nitrogens with one attached hydrogen (secondary N) is 1. The highest BCUT2D eigenvalue weighted by molar-refractivity contribution is 7.92. The van der Waals surface area contributed by atoms with E-state index in [0.29, 0.717) is 19.6 Å². The van der Waals surface area contributed by atoms with Crippen molar-refractivity contribution in [2.75, 3.05) is 23.7 Å². The molecule has 1 amide bonds. The van der Waals surface area contributed by atoms with E-state index in [2.05, 4.69) is 5.32 Å². The van der Waals surface area contributed by atoms with Crippen LogP contribution in [0.1, 0.15) is 32.3 Å². The van der Waals surface area contributed by atoms with E-state index in [9.17, 15) is 17.6 Å². The largest absolute Gasteiger partial charge is 0.494 e. The lowest BCUT2D eigenvalue weighted by molar-refractivity contribution is -0.122. The predicted octanol–water partition coefficient (Wildman–Crippen LogP) is 3.52. The van der Waals surface area contributed by atoms with Crippen LogP contribution < -0.4 is 14.4 Å². The number of carbonyl (C=O) groups excluding carboxylic acids is 1. The van der Waals surface area contributed by atoms with Gasteiger partial charge in [-0.05, 0) is 56.0 Å². The second kappa shape index (κ2) is 11.0. The Kier molecular flexibility index (Phi) is 8.65. The summed E-state index contributed by atoms with van der Waals surface area (Å²) in [7, 11) is -3.86. The number of sulfonamides is 1. The van der Waals surface area contributed by atoms with Crippen LogP contribution in [0.2, 0.25) is 0 Å². The summed E-state index contributed by atoms with van der Waals surface area (Å²) in [6, 6.07) is 12.3. The normalized spacial score (nSPS) is 12.3. The number of rotatable bonds is 11. The third-order valence-electron chi connectivity index (χ3n) is 4.60. The minimum absolute atomic E-state index is 0.128. The molecule has 1 unspecified atom stereocenters. The molecule has 0 aliphatic heterocycles. The van der Waals surface area contributed by atoms with Crippen LogP contribution in [-0.2, 0) is 21.2 Å². The van der Waals surface area contributed by atoms with E-state index < -0.39 is 27.8 Å². The maximum Gasteiger partial charge on any atom is 0.243 e. The van der Waals surface area contributed by atoms with Crippen molar-refractivity contribution in [2.24, 2.45) is 0 Å². The Morgan fingerprint density at radius 2 is 1.80 bits per heavy atom. The van der Waals surface area contributed by atoms with Gasteiger partial charge < -0.3 is 10.1 Å². The summed E-state index contributed by atoms with van der Waals surface area (Å²) in [5, 5.41) is 2.79. The lowest BCUT2D eigenvalue weighted by Crippen LogP contribution is -2.49. The molecule has 0 spiro atoms. The number of nitrogens with zero attached hydrogens (tertiary/aromatic N) is 1. The number of para-hydroxylation sites is 1. The molecule has 0 fully saturated rings. The summed E-state index contributed by atoms with van der Waals surface area (Å²) in [6.07, 6.45) is 2.63. The Balaban J connectivity index is 1.99. The van der Waals surface area contributed by atoms with E-state index in [1.165, 1.54) is 24.3 Å². The number of aryl methyl sites for hydroxylation is 1. The molecule has 0 aliphatic carbocycles.